The lowest BCUT2D eigenvalue weighted by molar-refractivity contribution is -0.124. The Balaban J connectivity index is 5.18. The zero-order chi connectivity index (χ0) is 20.7. The Kier molecular flexibility index (Phi) is 9.34. The van der Waals surface area contributed by atoms with Gasteiger partial charge in [-0.1, -0.05) is 33.8 Å². The Hall–Kier alpha value is -1.57. The summed E-state index contributed by atoms with van der Waals surface area (Å²) in [6.45, 7) is 12.8. The van der Waals surface area contributed by atoms with Gasteiger partial charge in [0.15, 0.2) is 9.84 Å². The maximum absolute atomic E-state index is 12.6. The number of carbonyl (C=O) groups excluding carboxylic acids is 2. The van der Waals surface area contributed by atoms with Gasteiger partial charge in [0.1, 0.15) is 11.6 Å². The van der Waals surface area contributed by atoms with Crippen molar-refractivity contribution < 1.29 is 22.7 Å². The van der Waals surface area contributed by atoms with Gasteiger partial charge in [0.25, 0.3) is 0 Å². The quantitative estimate of drug-likeness (QED) is 0.663. The minimum Gasteiger partial charge on any atom is -0.444 e. The van der Waals surface area contributed by atoms with Crippen LogP contribution in [0.5, 0.6) is 0 Å². The molecule has 0 bridgehead atoms. The molecule has 7 nitrogen and oxygen atoms in total. The van der Waals surface area contributed by atoms with Crippen molar-refractivity contribution in [1.82, 2.24) is 10.6 Å². The van der Waals surface area contributed by atoms with Gasteiger partial charge < -0.3 is 15.4 Å². The molecule has 2 atom stereocenters. The molecule has 0 unspecified atom stereocenters. The molecule has 2 N–H and O–H groups in total. The second-order valence-corrected chi connectivity index (χ2v) is 10.2. The minimum absolute atomic E-state index is 0.166. The number of alkyl carbamates (subject to hydrolysis) is 1. The largest absolute Gasteiger partial charge is 0.444 e. The molecule has 152 valence electrons. The lowest BCUT2D eigenvalue weighted by Gasteiger charge is -2.27. The summed E-state index contributed by atoms with van der Waals surface area (Å²) in [5.41, 5.74) is -0.666. The molecule has 8 heteroatoms. The molecule has 0 aromatic heterocycles. The second-order valence-electron chi connectivity index (χ2n) is 8.27. The van der Waals surface area contributed by atoms with E-state index in [1.165, 1.54) is 6.08 Å². The molecule has 0 saturated heterocycles. The fourth-order valence-corrected chi connectivity index (χ4v) is 2.65. The summed E-state index contributed by atoms with van der Waals surface area (Å²) in [4.78, 5) is 24.6. The van der Waals surface area contributed by atoms with Gasteiger partial charge in [0.05, 0.1) is 0 Å². The van der Waals surface area contributed by atoms with Crippen LogP contribution in [0.3, 0.4) is 0 Å². The molecule has 0 aliphatic carbocycles. The zero-order valence-corrected chi connectivity index (χ0v) is 17.9. The van der Waals surface area contributed by atoms with Crippen molar-refractivity contribution in [2.75, 3.05) is 6.26 Å². The van der Waals surface area contributed by atoms with Crippen LogP contribution in [0.4, 0.5) is 4.79 Å². The van der Waals surface area contributed by atoms with Crippen LogP contribution >= 0.6 is 0 Å². The normalized spacial score (nSPS) is 15.2. The van der Waals surface area contributed by atoms with Crippen molar-refractivity contribution >= 4 is 21.8 Å². The van der Waals surface area contributed by atoms with Crippen molar-refractivity contribution in [3.05, 3.63) is 11.5 Å². The molecule has 2 amide bonds. The number of hydrogen-bond acceptors (Lipinski definition) is 5. The number of rotatable bonds is 8. The van der Waals surface area contributed by atoms with Crippen molar-refractivity contribution in [3.8, 4) is 0 Å². The third kappa shape index (κ3) is 11.9. The van der Waals surface area contributed by atoms with Gasteiger partial charge in [-0.25, -0.2) is 13.2 Å². The number of carbonyl (C=O) groups is 2. The molecule has 26 heavy (non-hydrogen) atoms. The first kappa shape index (κ1) is 24.4. The fourth-order valence-electron chi connectivity index (χ4n) is 2.17. The van der Waals surface area contributed by atoms with Crippen LogP contribution in [-0.4, -0.2) is 44.4 Å². The summed E-state index contributed by atoms with van der Waals surface area (Å²) in [7, 11) is -3.29. The van der Waals surface area contributed by atoms with E-state index in [1.54, 1.807) is 20.8 Å². The summed E-state index contributed by atoms with van der Waals surface area (Å²) < 4.78 is 27.9. The SMILES string of the molecule is CC(C)C[C@@H](/C=C/S(C)(=O)=O)NC(=O)[C@@H](NC(=O)OC(C)(C)C)C(C)C. The minimum atomic E-state index is -3.29. The van der Waals surface area contributed by atoms with E-state index >= 15 is 0 Å². The first-order chi connectivity index (χ1) is 11.6. The molecule has 0 spiro atoms. The van der Waals surface area contributed by atoms with E-state index in [0.717, 1.165) is 11.7 Å². The van der Waals surface area contributed by atoms with Gasteiger partial charge in [-0.05, 0) is 39.0 Å². The van der Waals surface area contributed by atoms with Gasteiger partial charge in [0, 0.05) is 17.7 Å². The van der Waals surface area contributed by atoms with Crippen molar-refractivity contribution in [2.24, 2.45) is 11.8 Å². The van der Waals surface area contributed by atoms with Crippen LogP contribution in [0.2, 0.25) is 0 Å². The Bertz CT molecular complexity index is 604. The van der Waals surface area contributed by atoms with Crippen molar-refractivity contribution in [3.63, 3.8) is 0 Å². The lowest BCUT2D eigenvalue weighted by Crippen LogP contribution is -2.52. The number of ether oxygens (including phenoxy) is 1. The maximum atomic E-state index is 12.6. The molecule has 0 aromatic carbocycles. The first-order valence-electron chi connectivity index (χ1n) is 8.79. The predicted molar refractivity (Wildman–Crippen MR) is 103 cm³/mol. The third-order valence-corrected chi connectivity index (χ3v) is 3.88. The Morgan fingerprint density at radius 1 is 1.08 bits per heavy atom. The molecular formula is C18H34N2O5S. The summed E-state index contributed by atoms with van der Waals surface area (Å²) >= 11 is 0. The Morgan fingerprint density at radius 2 is 1.62 bits per heavy atom. The van der Waals surface area contributed by atoms with Crippen LogP contribution in [0.25, 0.3) is 0 Å². The van der Waals surface area contributed by atoms with E-state index in [2.05, 4.69) is 10.6 Å². The predicted octanol–water partition coefficient (Wildman–Crippen LogP) is 2.62. The van der Waals surface area contributed by atoms with Crippen LogP contribution in [0, 0.1) is 11.8 Å². The average molecular weight is 391 g/mol. The van der Waals surface area contributed by atoms with Crippen molar-refractivity contribution in [1.29, 1.82) is 0 Å². The van der Waals surface area contributed by atoms with Crippen LogP contribution < -0.4 is 10.6 Å². The standard InChI is InChI=1S/C18H34N2O5S/c1-12(2)11-14(9-10-26(8,23)24)19-16(21)15(13(3)4)20-17(22)25-18(5,6)7/h9-10,12-15H,11H2,1-8H3,(H,19,21)(H,20,22)/b10-9+/t14-,15+/m1/s1. The maximum Gasteiger partial charge on any atom is 0.408 e. The molecule has 0 aromatic rings. The molecule has 0 radical (unpaired) electrons. The van der Waals surface area contributed by atoms with E-state index in [9.17, 15) is 18.0 Å². The van der Waals surface area contributed by atoms with Crippen molar-refractivity contribution in [2.45, 2.75) is 72.6 Å². The molecule has 0 heterocycles. The van der Waals surface area contributed by atoms with Crippen LogP contribution in [-0.2, 0) is 19.4 Å². The third-order valence-electron chi connectivity index (χ3n) is 3.23. The fraction of sp³-hybridized carbons (Fsp3) is 0.778. The van der Waals surface area contributed by atoms with E-state index in [4.69, 9.17) is 4.74 Å². The topological polar surface area (TPSA) is 102 Å². The summed E-state index contributed by atoms with van der Waals surface area (Å²) in [6.07, 6.45) is 2.48. The highest BCUT2D eigenvalue weighted by Crippen LogP contribution is 2.11. The second kappa shape index (κ2) is 9.94. The molecule has 0 rings (SSSR count). The van der Waals surface area contributed by atoms with E-state index in [-0.39, 0.29) is 17.7 Å². The van der Waals surface area contributed by atoms with Gasteiger partial charge in [0.2, 0.25) is 5.91 Å². The number of nitrogens with one attached hydrogen (secondary N) is 2. The van der Waals surface area contributed by atoms with Crippen LogP contribution in [0.15, 0.2) is 11.5 Å². The zero-order valence-electron chi connectivity index (χ0n) is 17.1. The average Bonchev–Trinajstić information content (AvgIpc) is 2.38. The van der Waals surface area contributed by atoms with E-state index in [0.29, 0.717) is 6.42 Å². The molecule has 0 fully saturated rings. The summed E-state index contributed by atoms with van der Waals surface area (Å²) in [5, 5.41) is 6.49. The summed E-state index contributed by atoms with van der Waals surface area (Å²) in [6, 6.07) is -1.23. The highest BCUT2D eigenvalue weighted by atomic mass is 32.2. The summed E-state index contributed by atoms with van der Waals surface area (Å²) in [5.74, 6) is -0.295. The van der Waals surface area contributed by atoms with Crippen LogP contribution in [0.1, 0.15) is 54.9 Å². The molecule has 0 aliphatic heterocycles. The van der Waals surface area contributed by atoms with Gasteiger partial charge in [-0.15, -0.1) is 0 Å². The number of hydrogen-bond donors (Lipinski definition) is 2. The lowest BCUT2D eigenvalue weighted by atomic mass is 10.0. The van der Waals surface area contributed by atoms with E-state index < -0.39 is 33.6 Å². The highest BCUT2D eigenvalue weighted by molar-refractivity contribution is 7.93. The number of sulfone groups is 1. The monoisotopic (exact) mass is 390 g/mol. The van der Waals surface area contributed by atoms with Gasteiger partial charge >= 0.3 is 6.09 Å². The smallest absolute Gasteiger partial charge is 0.408 e. The molecule has 0 saturated carbocycles. The molecular weight excluding hydrogens is 356 g/mol. The Labute approximate surface area is 157 Å². The van der Waals surface area contributed by atoms with Gasteiger partial charge in [-0.2, -0.15) is 0 Å². The Morgan fingerprint density at radius 3 is 2.00 bits per heavy atom. The van der Waals surface area contributed by atoms with E-state index in [1.807, 2.05) is 27.7 Å². The first-order valence-corrected chi connectivity index (χ1v) is 10.7. The van der Waals surface area contributed by atoms with Gasteiger partial charge in [-0.3, -0.25) is 4.79 Å². The highest BCUT2D eigenvalue weighted by Gasteiger charge is 2.28. The molecule has 0 aliphatic rings. The number of amides is 2.